The maximum atomic E-state index is 11.2. The summed E-state index contributed by atoms with van der Waals surface area (Å²) in [5.74, 6) is 0. The fourth-order valence-electron chi connectivity index (χ4n) is 1.47. The molecule has 120 valence electrons. The lowest BCUT2D eigenvalue weighted by molar-refractivity contribution is -0.143. The number of phosphoric acid groups is 2. The smallest absolute Gasteiger partial charge is 0.394 e. The van der Waals surface area contributed by atoms with Gasteiger partial charge in [-0.25, -0.2) is 9.13 Å². The van der Waals surface area contributed by atoms with Crippen molar-refractivity contribution in [3.63, 3.8) is 0 Å². The normalized spacial score (nSPS) is 35.8. The van der Waals surface area contributed by atoms with Gasteiger partial charge in [-0.15, -0.1) is 0 Å². The Morgan fingerprint density at radius 3 is 2.15 bits per heavy atom. The molecule has 20 heavy (non-hydrogen) atoms. The van der Waals surface area contributed by atoms with Gasteiger partial charge in [0.05, 0.1) is 6.61 Å². The molecule has 0 aromatic carbocycles. The van der Waals surface area contributed by atoms with Crippen molar-refractivity contribution in [2.24, 2.45) is 0 Å². The topological polar surface area (TPSA) is 203 Å². The van der Waals surface area contributed by atoms with Crippen LogP contribution in [-0.4, -0.2) is 72.4 Å². The van der Waals surface area contributed by atoms with E-state index in [2.05, 4.69) is 8.83 Å². The van der Waals surface area contributed by atoms with Crippen LogP contribution in [0.15, 0.2) is 0 Å². The Labute approximate surface area is 112 Å². The number of hydrogen-bond acceptors (Lipinski definition) is 9. The molecule has 1 aliphatic heterocycles. The maximum Gasteiger partial charge on any atom is 0.483 e. The van der Waals surface area contributed by atoms with E-state index in [0.717, 1.165) is 0 Å². The van der Waals surface area contributed by atoms with Crippen molar-refractivity contribution in [3.8, 4) is 0 Å². The Balaban J connectivity index is 2.74. The molecule has 2 unspecified atom stereocenters. The van der Waals surface area contributed by atoms with Crippen molar-refractivity contribution in [1.82, 2.24) is 0 Å². The SMILES string of the molecule is O=P(O)(O)OP(=O)(O)OC1O[C@@H]([C@H](O)CO)[C@H](O)[C@H]1O. The first-order chi connectivity index (χ1) is 8.97. The van der Waals surface area contributed by atoms with Gasteiger partial charge in [0.2, 0.25) is 0 Å². The second-order valence-electron chi connectivity index (χ2n) is 3.85. The van der Waals surface area contributed by atoms with E-state index >= 15 is 0 Å². The molecule has 0 saturated carbocycles. The number of aliphatic hydroxyl groups excluding tert-OH is 4. The van der Waals surface area contributed by atoms with Crippen LogP contribution in [0.1, 0.15) is 0 Å². The van der Waals surface area contributed by atoms with Gasteiger partial charge >= 0.3 is 15.6 Å². The molecular weight excluding hydrogens is 326 g/mol. The molecule has 14 heteroatoms. The highest BCUT2D eigenvalue weighted by Crippen LogP contribution is 2.58. The number of hydrogen-bond donors (Lipinski definition) is 7. The van der Waals surface area contributed by atoms with E-state index < -0.39 is 53.0 Å². The van der Waals surface area contributed by atoms with Crippen molar-refractivity contribution in [2.75, 3.05) is 6.61 Å². The molecule has 0 aromatic heterocycles. The second kappa shape index (κ2) is 6.44. The molecule has 1 heterocycles. The minimum atomic E-state index is -5.35. The highest BCUT2D eigenvalue weighted by molar-refractivity contribution is 7.60. The van der Waals surface area contributed by atoms with E-state index in [4.69, 9.17) is 24.5 Å². The van der Waals surface area contributed by atoms with Gasteiger partial charge in [0, 0.05) is 0 Å². The summed E-state index contributed by atoms with van der Waals surface area (Å²) in [5, 5.41) is 36.9. The molecule has 0 aromatic rings. The standard InChI is InChI=1S/C6H14O12P2/c7-1-2(8)5-3(9)4(10)6(16-5)17-20(14,15)18-19(11,12)13/h2-10H,1H2,(H,14,15)(H2,11,12,13)/t2-,3-,4-,5+,6?/m1/s1. The predicted octanol–water partition coefficient (Wildman–Crippen LogP) is -2.99. The van der Waals surface area contributed by atoms with E-state index in [1.807, 2.05) is 0 Å². The lowest BCUT2D eigenvalue weighted by atomic mass is 10.1. The van der Waals surface area contributed by atoms with Crippen LogP contribution in [0, 0.1) is 0 Å². The Bertz CT molecular complexity index is 420. The monoisotopic (exact) mass is 340 g/mol. The summed E-state index contributed by atoms with van der Waals surface area (Å²) in [6.45, 7) is -0.836. The van der Waals surface area contributed by atoms with E-state index in [0.29, 0.717) is 0 Å². The van der Waals surface area contributed by atoms with Crippen molar-refractivity contribution in [1.29, 1.82) is 0 Å². The fraction of sp³-hybridized carbons (Fsp3) is 1.00. The molecule has 0 bridgehead atoms. The van der Waals surface area contributed by atoms with Gasteiger partial charge in [0.1, 0.15) is 24.4 Å². The predicted molar refractivity (Wildman–Crippen MR) is 57.8 cm³/mol. The average molecular weight is 340 g/mol. The van der Waals surface area contributed by atoms with Gasteiger partial charge < -0.3 is 39.8 Å². The third-order valence-corrected chi connectivity index (χ3v) is 4.42. The summed E-state index contributed by atoms with van der Waals surface area (Å²) in [6.07, 6.45) is -8.83. The van der Waals surface area contributed by atoms with Gasteiger partial charge in [-0.2, -0.15) is 4.31 Å². The third-order valence-electron chi connectivity index (χ3n) is 2.27. The number of ether oxygens (including phenoxy) is 1. The van der Waals surface area contributed by atoms with Crippen molar-refractivity contribution in [2.45, 2.75) is 30.7 Å². The van der Waals surface area contributed by atoms with Crippen LogP contribution >= 0.6 is 15.6 Å². The number of aliphatic hydroxyl groups is 4. The third kappa shape index (κ3) is 4.81. The molecule has 1 saturated heterocycles. The van der Waals surface area contributed by atoms with E-state index in [1.54, 1.807) is 0 Å². The molecular formula is C6H14O12P2. The molecule has 7 N–H and O–H groups in total. The maximum absolute atomic E-state index is 11.2. The molecule has 12 nitrogen and oxygen atoms in total. The van der Waals surface area contributed by atoms with Crippen molar-refractivity contribution >= 4 is 15.6 Å². The Kier molecular flexibility index (Phi) is 5.83. The summed E-state index contributed by atoms with van der Waals surface area (Å²) in [7, 11) is -10.6. The summed E-state index contributed by atoms with van der Waals surface area (Å²) >= 11 is 0. The molecule has 6 atom stereocenters. The van der Waals surface area contributed by atoms with Crippen molar-refractivity contribution in [3.05, 3.63) is 0 Å². The lowest BCUT2D eigenvalue weighted by Crippen LogP contribution is -2.40. The summed E-state index contributed by atoms with van der Waals surface area (Å²) < 4.78 is 33.9. The lowest BCUT2D eigenvalue weighted by Gasteiger charge is -2.19. The Hall–Kier alpha value is 0.0600. The van der Waals surface area contributed by atoms with E-state index in [-0.39, 0.29) is 0 Å². The highest BCUT2D eigenvalue weighted by atomic mass is 31.3. The minimum absolute atomic E-state index is 0.836. The molecule has 0 spiro atoms. The largest absolute Gasteiger partial charge is 0.483 e. The van der Waals surface area contributed by atoms with Crippen LogP contribution in [0.2, 0.25) is 0 Å². The first kappa shape index (κ1) is 18.1. The van der Waals surface area contributed by atoms with Crippen LogP contribution in [0.3, 0.4) is 0 Å². The quantitative estimate of drug-likeness (QED) is 0.242. The van der Waals surface area contributed by atoms with Crippen molar-refractivity contribution < 1.29 is 57.8 Å². The zero-order chi connectivity index (χ0) is 15.7. The van der Waals surface area contributed by atoms with Gasteiger partial charge in [-0.05, 0) is 0 Å². The van der Waals surface area contributed by atoms with Crippen LogP contribution in [0.5, 0.6) is 0 Å². The first-order valence-electron chi connectivity index (χ1n) is 5.05. The zero-order valence-electron chi connectivity index (χ0n) is 9.66. The summed E-state index contributed by atoms with van der Waals surface area (Å²) in [5.41, 5.74) is 0. The van der Waals surface area contributed by atoms with Crippen LogP contribution in [0.25, 0.3) is 0 Å². The molecule has 1 rings (SSSR count). The van der Waals surface area contributed by atoms with E-state index in [9.17, 15) is 24.4 Å². The molecule has 0 aliphatic carbocycles. The Morgan fingerprint density at radius 2 is 1.70 bits per heavy atom. The number of rotatable bonds is 6. The van der Waals surface area contributed by atoms with Gasteiger partial charge in [0.25, 0.3) is 0 Å². The first-order valence-corrected chi connectivity index (χ1v) is 8.08. The Morgan fingerprint density at radius 1 is 1.15 bits per heavy atom. The fourth-order valence-corrected chi connectivity index (χ4v) is 3.13. The molecule has 0 amide bonds. The van der Waals surface area contributed by atoms with Crippen LogP contribution in [0.4, 0.5) is 0 Å². The molecule has 1 aliphatic rings. The average Bonchev–Trinajstić information content (AvgIpc) is 2.52. The molecule has 0 radical (unpaired) electrons. The summed E-state index contributed by atoms with van der Waals surface area (Å²) in [6, 6.07) is 0. The van der Waals surface area contributed by atoms with Crippen LogP contribution < -0.4 is 0 Å². The second-order valence-corrected chi connectivity index (χ2v) is 6.63. The number of phosphoric ester groups is 1. The van der Waals surface area contributed by atoms with E-state index in [1.165, 1.54) is 0 Å². The van der Waals surface area contributed by atoms with Gasteiger partial charge in [-0.3, -0.25) is 4.52 Å². The highest BCUT2D eigenvalue weighted by Gasteiger charge is 2.50. The van der Waals surface area contributed by atoms with Gasteiger partial charge in [-0.1, -0.05) is 0 Å². The zero-order valence-corrected chi connectivity index (χ0v) is 11.4. The summed E-state index contributed by atoms with van der Waals surface area (Å²) in [4.78, 5) is 25.8. The minimum Gasteiger partial charge on any atom is -0.394 e. The van der Waals surface area contributed by atoms with Gasteiger partial charge in [0.15, 0.2) is 6.29 Å². The van der Waals surface area contributed by atoms with Crippen LogP contribution in [-0.2, 0) is 22.7 Å². The molecule has 1 fully saturated rings.